The van der Waals surface area contributed by atoms with Crippen LogP contribution in [-0.4, -0.2) is 25.3 Å². The van der Waals surface area contributed by atoms with E-state index in [4.69, 9.17) is 0 Å². The van der Waals surface area contributed by atoms with Crippen LogP contribution in [0.25, 0.3) is 0 Å². The van der Waals surface area contributed by atoms with Crippen molar-refractivity contribution in [3.05, 3.63) is 29.3 Å². The molecule has 5 heteroatoms. The van der Waals surface area contributed by atoms with E-state index in [1.807, 2.05) is 0 Å². The number of aliphatic hydroxyl groups is 1. The van der Waals surface area contributed by atoms with Crippen molar-refractivity contribution in [2.24, 2.45) is 0 Å². The molecule has 1 heterocycles. The normalized spacial score (nSPS) is 24.8. The van der Waals surface area contributed by atoms with Crippen molar-refractivity contribution < 1.29 is 18.6 Å². The molecule has 0 radical (unpaired) electrons. The van der Waals surface area contributed by atoms with Gasteiger partial charge in [0, 0.05) is 18.2 Å². The van der Waals surface area contributed by atoms with Crippen LogP contribution in [0, 0.1) is 11.6 Å². The zero-order chi connectivity index (χ0) is 11.8. The molecule has 0 spiro atoms. The lowest BCUT2D eigenvalue weighted by Gasteiger charge is -2.22. The van der Waals surface area contributed by atoms with Gasteiger partial charge in [-0.25, -0.2) is 8.78 Å². The zero-order valence-electron chi connectivity index (χ0n) is 8.89. The van der Waals surface area contributed by atoms with Crippen molar-refractivity contribution in [1.29, 1.82) is 0 Å². The third-order valence-electron chi connectivity index (χ3n) is 2.88. The van der Waals surface area contributed by atoms with E-state index in [1.54, 1.807) is 0 Å². The minimum absolute atomic E-state index is 0.0178. The van der Waals surface area contributed by atoms with Crippen LogP contribution in [0.2, 0.25) is 0 Å². The molecule has 1 aliphatic rings. The Morgan fingerprint density at radius 3 is 2.69 bits per heavy atom. The Balaban J connectivity index is 2.45. The van der Waals surface area contributed by atoms with E-state index in [-0.39, 0.29) is 17.9 Å². The Morgan fingerprint density at radius 2 is 2.12 bits per heavy atom. The molecule has 1 aromatic carbocycles. The fourth-order valence-electron chi connectivity index (χ4n) is 1.95. The van der Waals surface area contributed by atoms with Crippen LogP contribution in [0.4, 0.5) is 8.78 Å². The second kappa shape index (κ2) is 3.99. The van der Waals surface area contributed by atoms with Crippen molar-refractivity contribution in [2.75, 3.05) is 20.2 Å². The van der Waals surface area contributed by atoms with E-state index in [0.717, 1.165) is 12.1 Å². The van der Waals surface area contributed by atoms with Crippen molar-refractivity contribution in [1.82, 2.24) is 5.32 Å². The van der Waals surface area contributed by atoms with Crippen LogP contribution >= 0.6 is 0 Å². The molecule has 0 saturated carbocycles. The van der Waals surface area contributed by atoms with Crippen LogP contribution in [0.5, 0.6) is 5.75 Å². The van der Waals surface area contributed by atoms with Crippen molar-refractivity contribution in [3.8, 4) is 5.75 Å². The number of hydrogen-bond acceptors (Lipinski definition) is 3. The molecule has 0 bridgehead atoms. The number of hydrogen-bond donors (Lipinski definition) is 2. The van der Waals surface area contributed by atoms with E-state index >= 15 is 0 Å². The first-order valence-electron chi connectivity index (χ1n) is 5.03. The van der Waals surface area contributed by atoms with Crippen LogP contribution in [0.1, 0.15) is 12.0 Å². The molecule has 0 aliphatic carbocycles. The molecule has 1 fully saturated rings. The third-order valence-corrected chi connectivity index (χ3v) is 2.88. The number of halogens is 2. The highest BCUT2D eigenvalue weighted by molar-refractivity contribution is 5.35. The summed E-state index contributed by atoms with van der Waals surface area (Å²) in [5.74, 6) is -1.47. The van der Waals surface area contributed by atoms with E-state index in [0.29, 0.717) is 13.0 Å². The average Bonchev–Trinajstić information content (AvgIpc) is 2.69. The second-order valence-corrected chi connectivity index (χ2v) is 3.92. The first-order valence-corrected chi connectivity index (χ1v) is 5.03. The van der Waals surface area contributed by atoms with Crippen molar-refractivity contribution in [2.45, 2.75) is 12.0 Å². The topological polar surface area (TPSA) is 41.5 Å². The maximum Gasteiger partial charge on any atom is 0.165 e. The molecular weight excluding hydrogens is 216 g/mol. The fraction of sp³-hybridized carbons (Fsp3) is 0.455. The minimum atomic E-state index is -1.32. The monoisotopic (exact) mass is 229 g/mol. The minimum Gasteiger partial charge on any atom is -0.494 e. The van der Waals surface area contributed by atoms with Crippen LogP contribution in [0.15, 0.2) is 12.1 Å². The van der Waals surface area contributed by atoms with E-state index < -0.39 is 17.2 Å². The van der Waals surface area contributed by atoms with Gasteiger partial charge < -0.3 is 15.2 Å². The number of nitrogens with one attached hydrogen (secondary N) is 1. The van der Waals surface area contributed by atoms with Gasteiger partial charge in [-0.2, -0.15) is 0 Å². The molecule has 1 aromatic rings. The maximum absolute atomic E-state index is 13.7. The quantitative estimate of drug-likeness (QED) is 0.799. The maximum atomic E-state index is 13.7. The highest BCUT2D eigenvalue weighted by atomic mass is 19.1. The molecule has 2 rings (SSSR count). The predicted molar refractivity (Wildman–Crippen MR) is 54.3 cm³/mol. The van der Waals surface area contributed by atoms with E-state index in [1.165, 1.54) is 7.11 Å². The largest absolute Gasteiger partial charge is 0.494 e. The van der Waals surface area contributed by atoms with Crippen LogP contribution in [0.3, 0.4) is 0 Å². The first-order chi connectivity index (χ1) is 7.57. The van der Waals surface area contributed by atoms with Gasteiger partial charge in [0.05, 0.1) is 7.11 Å². The van der Waals surface area contributed by atoms with Gasteiger partial charge in [0.15, 0.2) is 11.6 Å². The second-order valence-electron chi connectivity index (χ2n) is 3.92. The molecule has 1 saturated heterocycles. The average molecular weight is 229 g/mol. The zero-order valence-corrected chi connectivity index (χ0v) is 8.89. The third kappa shape index (κ3) is 1.76. The van der Waals surface area contributed by atoms with Crippen molar-refractivity contribution in [3.63, 3.8) is 0 Å². The van der Waals surface area contributed by atoms with Gasteiger partial charge in [-0.3, -0.25) is 0 Å². The Hall–Kier alpha value is -1.20. The van der Waals surface area contributed by atoms with Crippen LogP contribution in [-0.2, 0) is 5.60 Å². The highest BCUT2D eigenvalue weighted by Gasteiger charge is 2.36. The first kappa shape index (κ1) is 11.3. The Morgan fingerprint density at radius 1 is 1.38 bits per heavy atom. The standard InChI is InChI=1S/C11H13F2NO2/c1-16-10-5-8(12)7(4-9(10)13)11(15)2-3-14-6-11/h4-5,14-15H,2-3,6H2,1H3. The van der Waals surface area contributed by atoms with Crippen LogP contribution < -0.4 is 10.1 Å². The summed E-state index contributed by atoms with van der Waals surface area (Å²) in [6.45, 7) is 0.819. The molecule has 0 aromatic heterocycles. The lowest BCUT2D eigenvalue weighted by Crippen LogP contribution is -2.29. The summed E-state index contributed by atoms with van der Waals surface area (Å²) in [7, 11) is 1.27. The van der Waals surface area contributed by atoms with Gasteiger partial charge in [-0.15, -0.1) is 0 Å². The lowest BCUT2D eigenvalue weighted by molar-refractivity contribution is 0.0544. The smallest absolute Gasteiger partial charge is 0.165 e. The fourth-order valence-corrected chi connectivity index (χ4v) is 1.95. The lowest BCUT2D eigenvalue weighted by atomic mass is 9.92. The number of ether oxygens (including phenoxy) is 1. The molecule has 1 unspecified atom stereocenters. The summed E-state index contributed by atoms with van der Waals surface area (Å²) in [6, 6.07) is 1.96. The Bertz CT molecular complexity index is 403. The summed E-state index contributed by atoms with van der Waals surface area (Å²) in [6.07, 6.45) is 0.371. The van der Waals surface area contributed by atoms with Gasteiger partial charge in [0.25, 0.3) is 0 Å². The molecule has 88 valence electrons. The predicted octanol–water partition coefficient (Wildman–Crippen LogP) is 1.15. The molecular formula is C11H13F2NO2. The summed E-state index contributed by atoms with van der Waals surface area (Å²) in [4.78, 5) is 0. The highest BCUT2D eigenvalue weighted by Crippen LogP contribution is 2.32. The Kier molecular flexibility index (Phi) is 2.82. The number of benzene rings is 1. The van der Waals surface area contributed by atoms with Gasteiger partial charge in [0.2, 0.25) is 0 Å². The molecule has 3 nitrogen and oxygen atoms in total. The van der Waals surface area contributed by atoms with Gasteiger partial charge in [0.1, 0.15) is 11.4 Å². The molecule has 2 N–H and O–H groups in total. The summed E-state index contributed by atoms with van der Waals surface area (Å²) < 4.78 is 31.8. The van der Waals surface area contributed by atoms with Crippen molar-refractivity contribution >= 4 is 0 Å². The van der Waals surface area contributed by atoms with E-state index in [9.17, 15) is 13.9 Å². The number of β-amino-alcohol motifs (C(OH)–C–C–N with tert-alkyl or cyclic N) is 1. The molecule has 16 heavy (non-hydrogen) atoms. The summed E-state index contributed by atoms with van der Waals surface area (Å²) >= 11 is 0. The van der Waals surface area contributed by atoms with E-state index in [2.05, 4.69) is 10.1 Å². The van der Waals surface area contributed by atoms with Gasteiger partial charge in [-0.1, -0.05) is 0 Å². The SMILES string of the molecule is COc1cc(F)c(C2(O)CCNC2)cc1F. The summed E-state index contributed by atoms with van der Waals surface area (Å²) in [5, 5.41) is 13.0. The van der Waals surface area contributed by atoms with Gasteiger partial charge >= 0.3 is 0 Å². The molecule has 1 aliphatic heterocycles. The molecule has 1 atom stereocenters. The van der Waals surface area contributed by atoms with Gasteiger partial charge in [-0.05, 0) is 19.0 Å². The Labute approximate surface area is 92.0 Å². The number of rotatable bonds is 2. The summed E-state index contributed by atoms with van der Waals surface area (Å²) in [5.41, 5.74) is -1.34. The molecule has 0 amide bonds. The number of methoxy groups -OCH3 is 1.